The van der Waals surface area contributed by atoms with Crippen LogP contribution in [0.4, 0.5) is 4.79 Å². The fraction of sp³-hybridized carbons (Fsp3) is 0.357. The number of carbonyl (C=O) groups excluding carboxylic acids is 3. The Labute approximate surface area is 304 Å². The molecule has 3 aliphatic rings. The van der Waals surface area contributed by atoms with E-state index >= 15 is 0 Å². The van der Waals surface area contributed by atoms with Crippen LogP contribution < -0.4 is 5.32 Å². The van der Waals surface area contributed by atoms with Gasteiger partial charge in [0.2, 0.25) is 5.91 Å². The summed E-state index contributed by atoms with van der Waals surface area (Å²) in [5, 5.41) is 12.1. The molecule has 4 atom stereocenters. The largest absolute Gasteiger partial charge is 0.445 e. The molecule has 0 spiro atoms. The van der Waals surface area contributed by atoms with Crippen LogP contribution in [0.15, 0.2) is 103 Å². The van der Waals surface area contributed by atoms with E-state index in [1.54, 1.807) is 0 Å². The average molecular weight is 704 g/mol. The van der Waals surface area contributed by atoms with Gasteiger partial charge in [-0.2, -0.15) is 0 Å². The molecule has 3 aliphatic heterocycles. The number of aliphatic hydroxyl groups excluding tert-OH is 1. The molecule has 7 rings (SSSR count). The van der Waals surface area contributed by atoms with E-state index in [9.17, 15) is 19.5 Å². The summed E-state index contributed by atoms with van der Waals surface area (Å²) in [6.45, 7) is 3.17. The minimum atomic E-state index is -0.979. The van der Waals surface area contributed by atoms with Crippen molar-refractivity contribution < 1.29 is 33.7 Å². The molecule has 0 radical (unpaired) electrons. The summed E-state index contributed by atoms with van der Waals surface area (Å²) in [6, 6.07) is 32.0. The van der Waals surface area contributed by atoms with E-state index in [1.165, 1.54) is 24.2 Å². The van der Waals surface area contributed by atoms with Crippen molar-refractivity contribution in [2.45, 2.75) is 76.4 Å². The van der Waals surface area contributed by atoms with Gasteiger partial charge in [-0.3, -0.25) is 14.5 Å². The number of aliphatic hydroxyl groups is 1. The second-order valence-corrected chi connectivity index (χ2v) is 13.8. The van der Waals surface area contributed by atoms with Gasteiger partial charge in [0, 0.05) is 18.5 Å². The molecule has 0 aliphatic carbocycles. The molecule has 3 heterocycles. The van der Waals surface area contributed by atoms with Crippen molar-refractivity contribution in [3.8, 4) is 11.1 Å². The summed E-state index contributed by atoms with van der Waals surface area (Å²) in [7, 11) is 0. The molecule has 3 saturated heterocycles. The molecule has 0 aromatic heterocycles. The number of nitrogens with zero attached hydrogens (tertiary/aromatic N) is 2. The first-order valence-corrected chi connectivity index (χ1v) is 18.2. The number of likely N-dealkylation sites (tertiary alicyclic amines) is 2. The van der Waals surface area contributed by atoms with E-state index in [-0.39, 0.29) is 44.3 Å². The maximum absolute atomic E-state index is 13.3. The summed E-state index contributed by atoms with van der Waals surface area (Å²) in [5.74, 6) is -0.812. The first kappa shape index (κ1) is 35.5. The Morgan fingerprint density at radius 1 is 0.808 bits per heavy atom. The predicted octanol–water partition coefficient (Wildman–Crippen LogP) is 6.43. The lowest BCUT2D eigenvalue weighted by Gasteiger charge is -2.39. The molecular formula is C42H45N3O7. The summed E-state index contributed by atoms with van der Waals surface area (Å²) >= 11 is 0. The van der Waals surface area contributed by atoms with E-state index < -0.39 is 24.3 Å². The number of hydrogen-bond acceptors (Lipinski definition) is 8. The zero-order valence-corrected chi connectivity index (χ0v) is 29.2. The number of nitrogens with one attached hydrogen (secondary N) is 1. The highest BCUT2D eigenvalue weighted by Crippen LogP contribution is 2.39. The lowest BCUT2D eigenvalue weighted by Crippen LogP contribution is -2.41. The van der Waals surface area contributed by atoms with Crippen molar-refractivity contribution in [2.24, 2.45) is 0 Å². The third-order valence-corrected chi connectivity index (χ3v) is 10.1. The molecule has 0 bridgehead atoms. The summed E-state index contributed by atoms with van der Waals surface area (Å²) in [4.78, 5) is 42.5. The van der Waals surface area contributed by atoms with Crippen molar-refractivity contribution in [3.63, 3.8) is 0 Å². The second kappa shape index (κ2) is 16.6. The lowest BCUT2D eigenvalue weighted by atomic mass is 9.97. The molecule has 1 unspecified atom stereocenters. The minimum Gasteiger partial charge on any atom is -0.445 e. The molecule has 270 valence electrons. The molecule has 4 aromatic rings. The Kier molecular flexibility index (Phi) is 11.4. The van der Waals surface area contributed by atoms with E-state index in [2.05, 4.69) is 10.2 Å². The SMILES string of the molecule is O=C(NC1CC(=O)N(Cc2ccccc2-c2ccc([C@@H]3O[C@H](CN4CCCCC4)C[C@H](c4ccc(CO)cc4)O3)cc2)C1=O)OCc1ccccc1. The quantitative estimate of drug-likeness (QED) is 0.172. The van der Waals surface area contributed by atoms with Crippen LogP contribution in [-0.4, -0.2) is 64.6 Å². The number of imide groups is 1. The molecule has 52 heavy (non-hydrogen) atoms. The molecule has 3 fully saturated rings. The van der Waals surface area contributed by atoms with Gasteiger partial charge in [-0.15, -0.1) is 0 Å². The maximum atomic E-state index is 13.3. The molecular weight excluding hydrogens is 658 g/mol. The fourth-order valence-electron chi connectivity index (χ4n) is 7.26. The lowest BCUT2D eigenvalue weighted by molar-refractivity contribution is -0.253. The predicted molar refractivity (Wildman–Crippen MR) is 194 cm³/mol. The van der Waals surface area contributed by atoms with Crippen LogP contribution in [0.2, 0.25) is 0 Å². The number of rotatable bonds is 11. The van der Waals surface area contributed by atoms with Crippen LogP contribution in [-0.2, 0) is 43.6 Å². The molecule has 4 aromatic carbocycles. The monoisotopic (exact) mass is 703 g/mol. The first-order chi connectivity index (χ1) is 25.4. The van der Waals surface area contributed by atoms with Crippen LogP contribution >= 0.6 is 0 Å². The van der Waals surface area contributed by atoms with E-state index in [0.717, 1.165) is 65.0 Å². The highest BCUT2D eigenvalue weighted by Gasteiger charge is 2.40. The topological polar surface area (TPSA) is 118 Å². The van der Waals surface area contributed by atoms with Gasteiger partial charge < -0.3 is 29.5 Å². The van der Waals surface area contributed by atoms with Crippen LogP contribution in [0.1, 0.15) is 72.3 Å². The number of alkyl carbamates (subject to hydrolysis) is 1. The molecule has 2 N–H and O–H groups in total. The number of carbonyl (C=O) groups is 3. The smallest absolute Gasteiger partial charge is 0.408 e. The van der Waals surface area contributed by atoms with Gasteiger partial charge in [-0.1, -0.05) is 110 Å². The van der Waals surface area contributed by atoms with Crippen LogP contribution in [0.5, 0.6) is 0 Å². The van der Waals surface area contributed by atoms with Gasteiger partial charge in [0.05, 0.1) is 31.8 Å². The van der Waals surface area contributed by atoms with Crippen molar-refractivity contribution in [2.75, 3.05) is 19.6 Å². The van der Waals surface area contributed by atoms with E-state index in [4.69, 9.17) is 14.2 Å². The summed E-state index contributed by atoms with van der Waals surface area (Å²) < 4.78 is 18.5. The van der Waals surface area contributed by atoms with E-state index in [1.807, 2.05) is 103 Å². The highest BCUT2D eigenvalue weighted by molar-refractivity contribution is 6.06. The average Bonchev–Trinajstić information content (AvgIpc) is 3.45. The van der Waals surface area contributed by atoms with Crippen LogP contribution in [0, 0.1) is 0 Å². The highest BCUT2D eigenvalue weighted by atomic mass is 16.7. The van der Waals surface area contributed by atoms with Crippen LogP contribution in [0.3, 0.4) is 0 Å². The number of benzene rings is 4. The Morgan fingerprint density at radius 2 is 1.52 bits per heavy atom. The fourth-order valence-corrected chi connectivity index (χ4v) is 7.26. The summed E-state index contributed by atoms with van der Waals surface area (Å²) in [5.41, 5.74) is 6.28. The zero-order chi connectivity index (χ0) is 35.9. The van der Waals surface area contributed by atoms with Gasteiger partial charge >= 0.3 is 6.09 Å². The molecule has 0 saturated carbocycles. The van der Waals surface area contributed by atoms with Crippen LogP contribution in [0.25, 0.3) is 11.1 Å². The minimum absolute atomic E-state index is 0.000611. The number of piperidine rings is 1. The van der Waals surface area contributed by atoms with E-state index in [0.29, 0.717) is 0 Å². The van der Waals surface area contributed by atoms with Gasteiger partial charge in [-0.25, -0.2) is 4.79 Å². The maximum Gasteiger partial charge on any atom is 0.408 e. The first-order valence-electron chi connectivity index (χ1n) is 18.2. The molecule has 10 heteroatoms. The third kappa shape index (κ3) is 8.59. The van der Waals surface area contributed by atoms with Gasteiger partial charge in [0.1, 0.15) is 12.6 Å². The number of amides is 3. The van der Waals surface area contributed by atoms with Gasteiger partial charge in [-0.05, 0) is 59.3 Å². The van der Waals surface area contributed by atoms with Crippen molar-refractivity contribution >= 4 is 17.9 Å². The number of ether oxygens (including phenoxy) is 3. The van der Waals surface area contributed by atoms with Crippen molar-refractivity contribution in [3.05, 3.63) is 131 Å². The second-order valence-electron chi connectivity index (χ2n) is 13.8. The summed E-state index contributed by atoms with van der Waals surface area (Å²) in [6.07, 6.45) is 2.87. The number of hydrogen-bond donors (Lipinski definition) is 2. The van der Waals surface area contributed by atoms with Crippen molar-refractivity contribution in [1.82, 2.24) is 15.1 Å². The Bertz CT molecular complexity index is 1830. The Morgan fingerprint density at radius 3 is 2.27 bits per heavy atom. The normalized spacial score (nSPS) is 22.4. The van der Waals surface area contributed by atoms with Gasteiger partial charge in [0.15, 0.2) is 6.29 Å². The molecule has 3 amide bonds. The Hall–Kier alpha value is -4.87. The van der Waals surface area contributed by atoms with Crippen molar-refractivity contribution in [1.29, 1.82) is 0 Å². The third-order valence-electron chi connectivity index (χ3n) is 10.1. The molecule has 10 nitrogen and oxygen atoms in total. The van der Waals surface area contributed by atoms with Gasteiger partial charge in [0.25, 0.3) is 5.91 Å². The standard InChI is InChI=1S/C42H45N3O7/c46-27-29-13-15-32(16-14-29)38-23-35(26-44-21-7-2-8-22-44)51-41(52-38)33-19-17-31(18-20-33)36-12-6-5-11-34(36)25-45-39(47)24-37(40(45)48)43-42(49)50-28-30-9-3-1-4-10-30/h1,3-6,9-20,35,37-38,41,46H,2,7-8,21-28H2,(H,43,49)/t35-,37?,38+,41+/m0/s1. The zero-order valence-electron chi connectivity index (χ0n) is 29.2. The Balaban J connectivity index is 1.03.